The highest BCUT2D eigenvalue weighted by Crippen LogP contribution is 2.30. The molecule has 100 valence electrons. The van der Waals surface area contributed by atoms with Gasteiger partial charge in [0.05, 0.1) is 7.11 Å². The summed E-state index contributed by atoms with van der Waals surface area (Å²) in [5.74, 6) is 0.341. The summed E-state index contributed by atoms with van der Waals surface area (Å²) in [5.41, 5.74) is 1.22. The maximum Gasteiger partial charge on any atom is 0.238 e. The zero-order valence-corrected chi connectivity index (χ0v) is 11.0. The zero-order chi connectivity index (χ0) is 13.9. The molecule has 0 aliphatic rings. The van der Waals surface area contributed by atoms with Crippen LogP contribution in [0.1, 0.15) is 17.4 Å². The van der Waals surface area contributed by atoms with Crippen LogP contribution >= 0.6 is 0 Å². The van der Waals surface area contributed by atoms with Gasteiger partial charge in [-0.15, -0.1) is 0 Å². The van der Waals surface area contributed by atoms with Gasteiger partial charge in [-0.1, -0.05) is 42.5 Å². The van der Waals surface area contributed by atoms with Crippen molar-refractivity contribution in [2.24, 2.45) is 0 Å². The minimum Gasteiger partial charge on any atom is -0.480 e. The van der Waals surface area contributed by atoms with Gasteiger partial charge in [-0.25, -0.2) is 4.98 Å². The van der Waals surface area contributed by atoms with E-state index >= 15 is 0 Å². The molecule has 0 saturated carbocycles. The fourth-order valence-electron chi connectivity index (χ4n) is 2.32. The Morgan fingerprint density at radius 1 is 1.00 bits per heavy atom. The van der Waals surface area contributed by atoms with Crippen molar-refractivity contribution in [2.75, 3.05) is 7.11 Å². The second-order valence-corrected chi connectivity index (χ2v) is 4.42. The molecule has 3 aromatic rings. The van der Waals surface area contributed by atoms with Crippen LogP contribution in [-0.4, -0.2) is 22.2 Å². The van der Waals surface area contributed by atoms with Crippen LogP contribution in [0.15, 0.2) is 54.9 Å². The van der Waals surface area contributed by atoms with Gasteiger partial charge in [-0.3, -0.25) is 4.98 Å². The maximum absolute atomic E-state index is 10.6. The summed E-state index contributed by atoms with van der Waals surface area (Å²) >= 11 is 0. The average molecular weight is 266 g/mol. The van der Waals surface area contributed by atoms with Gasteiger partial charge in [0.15, 0.2) is 0 Å². The number of aliphatic hydroxyl groups is 1. The molecule has 2 aromatic carbocycles. The Kier molecular flexibility index (Phi) is 3.31. The zero-order valence-electron chi connectivity index (χ0n) is 11.0. The van der Waals surface area contributed by atoms with Crippen LogP contribution in [0, 0.1) is 0 Å². The molecule has 0 aliphatic carbocycles. The molecule has 0 fully saturated rings. The number of fused-ring (bicyclic) bond motifs is 1. The Balaban J connectivity index is 2.15. The lowest BCUT2D eigenvalue weighted by Gasteiger charge is -2.15. The fraction of sp³-hybridized carbons (Fsp3) is 0.125. The Bertz CT molecular complexity index is 738. The van der Waals surface area contributed by atoms with Crippen molar-refractivity contribution in [2.45, 2.75) is 6.10 Å². The van der Waals surface area contributed by atoms with E-state index in [2.05, 4.69) is 9.97 Å². The quantitative estimate of drug-likeness (QED) is 0.792. The van der Waals surface area contributed by atoms with E-state index in [1.165, 1.54) is 13.3 Å². The van der Waals surface area contributed by atoms with Crippen LogP contribution in [0.5, 0.6) is 5.88 Å². The minimum absolute atomic E-state index is 0.341. The highest BCUT2D eigenvalue weighted by Gasteiger charge is 2.19. The van der Waals surface area contributed by atoms with Crippen LogP contribution in [0.25, 0.3) is 10.8 Å². The minimum atomic E-state index is -0.871. The van der Waals surface area contributed by atoms with Gasteiger partial charge in [-0.2, -0.15) is 0 Å². The third-order valence-corrected chi connectivity index (χ3v) is 3.26. The summed E-state index contributed by atoms with van der Waals surface area (Å²) in [6.45, 7) is 0. The smallest absolute Gasteiger partial charge is 0.238 e. The molecular formula is C16H14N2O2. The van der Waals surface area contributed by atoms with E-state index in [0.29, 0.717) is 11.6 Å². The number of rotatable bonds is 3. The highest BCUT2D eigenvalue weighted by molar-refractivity contribution is 5.86. The van der Waals surface area contributed by atoms with E-state index in [-0.39, 0.29) is 0 Å². The molecule has 1 atom stereocenters. The van der Waals surface area contributed by atoms with Gasteiger partial charge in [0.1, 0.15) is 11.8 Å². The molecule has 0 saturated heterocycles. The first-order valence-electron chi connectivity index (χ1n) is 6.32. The van der Waals surface area contributed by atoms with Gasteiger partial charge in [0.25, 0.3) is 0 Å². The molecule has 1 aromatic heterocycles. The highest BCUT2D eigenvalue weighted by atomic mass is 16.5. The number of aliphatic hydroxyl groups excluding tert-OH is 1. The summed E-state index contributed by atoms with van der Waals surface area (Å²) < 4.78 is 5.17. The molecule has 4 nitrogen and oxygen atoms in total. The first kappa shape index (κ1) is 12.6. The molecule has 0 amide bonds. The number of aromatic nitrogens is 2. The van der Waals surface area contributed by atoms with E-state index in [9.17, 15) is 5.11 Å². The Hall–Kier alpha value is -2.46. The van der Waals surface area contributed by atoms with E-state index in [4.69, 9.17) is 4.74 Å². The first-order valence-corrected chi connectivity index (χ1v) is 6.32. The Morgan fingerprint density at radius 2 is 1.75 bits per heavy atom. The number of hydrogen-bond donors (Lipinski definition) is 1. The second kappa shape index (κ2) is 5.27. The Labute approximate surface area is 116 Å². The molecular weight excluding hydrogens is 252 g/mol. The molecule has 0 radical (unpaired) electrons. The number of benzene rings is 2. The maximum atomic E-state index is 10.6. The van der Waals surface area contributed by atoms with Crippen molar-refractivity contribution in [3.8, 4) is 5.88 Å². The molecule has 1 N–H and O–H groups in total. The lowest BCUT2D eigenvalue weighted by atomic mass is 9.99. The van der Waals surface area contributed by atoms with Crippen molar-refractivity contribution in [1.29, 1.82) is 0 Å². The predicted octanol–water partition coefficient (Wildman–Crippen LogP) is 2.72. The van der Waals surface area contributed by atoms with E-state index < -0.39 is 6.10 Å². The first-order chi connectivity index (χ1) is 9.81. The van der Waals surface area contributed by atoms with Gasteiger partial charge in [-0.05, 0) is 16.3 Å². The number of ether oxygens (including phenoxy) is 1. The number of hydrogen-bond acceptors (Lipinski definition) is 4. The SMILES string of the molecule is COc1nccnc1C(O)c1cccc2ccccc12. The van der Waals surface area contributed by atoms with Crippen LogP contribution in [0.3, 0.4) is 0 Å². The van der Waals surface area contributed by atoms with Gasteiger partial charge in [0, 0.05) is 12.4 Å². The molecule has 20 heavy (non-hydrogen) atoms. The van der Waals surface area contributed by atoms with E-state index in [1.54, 1.807) is 6.20 Å². The van der Waals surface area contributed by atoms with Crippen LogP contribution in [0.2, 0.25) is 0 Å². The molecule has 0 spiro atoms. The largest absolute Gasteiger partial charge is 0.480 e. The summed E-state index contributed by atoms with van der Waals surface area (Å²) in [7, 11) is 1.52. The molecule has 1 heterocycles. The topological polar surface area (TPSA) is 55.2 Å². The third kappa shape index (κ3) is 2.10. The summed E-state index contributed by atoms with van der Waals surface area (Å²) in [4.78, 5) is 8.27. The van der Waals surface area contributed by atoms with Gasteiger partial charge in [0.2, 0.25) is 5.88 Å². The lowest BCUT2D eigenvalue weighted by molar-refractivity contribution is 0.209. The van der Waals surface area contributed by atoms with E-state index in [1.807, 2.05) is 42.5 Å². The fourth-order valence-corrected chi connectivity index (χ4v) is 2.32. The van der Waals surface area contributed by atoms with Crippen molar-refractivity contribution < 1.29 is 9.84 Å². The van der Waals surface area contributed by atoms with Crippen molar-refractivity contribution >= 4 is 10.8 Å². The van der Waals surface area contributed by atoms with Crippen molar-refractivity contribution in [1.82, 2.24) is 9.97 Å². The van der Waals surface area contributed by atoms with Crippen LogP contribution in [-0.2, 0) is 0 Å². The standard InChI is InChI=1S/C16H14N2O2/c1-20-16-14(17-9-10-18-16)15(19)13-8-4-6-11-5-2-3-7-12(11)13/h2-10,15,19H,1H3. The van der Waals surface area contributed by atoms with Crippen LogP contribution in [0.4, 0.5) is 0 Å². The monoisotopic (exact) mass is 266 g/mol. The normalized spacial score (nSPS) is 12.3. The molecule has 4 heteroatoms. The van der Waals surface area contributed by atoms with Crippen molar-refractivity contribution in [3.63, 3.8) is 0 Å². The summed E-state index contributed by atoms with van der Waals surface area (Å²) in [6.07, 6.45) is 2.22. The van der Waals surface area contributed by atoms with E-state index in [0.717, 1.165) is 16.3 Å². The van der Waals surface area contributed by atoms with Crippen molar-refractivity contribution in [3.05, 3.63) is 66.1 Å². The lowest BCUT2D eigenvalue weighted by Crippen LogP contribution is -2.06. The number of methoxy groups -OCH3 is 1. The number of nitrogens with zero attached hydrogens (tertiary/aromatic N) is 2. The summed E-state index contributed by atoms with van der Waals surface area (Å²) in [5, 5.41) is 12.7. The van der Waals surface area contributed by atoms with Gasteiger partial charge >= 0.3 is 0 Å². The Morgan fingerprint density at radius 3 is 2.60 bits per heavy atom. The average Bonchev–Trinajstić information content (AvgIpc) is 2.53. The summed E-state index contributed by atoms with van der Waals surface area (Å²) in [6, 6.07) is 13.7. The molecule has 1 unspecified atom stereocenters. The molecule has 0 aliphatic heterocycles. The third-order valence-electron chi connectivity index (χ3n) is 3.26. The van der Waals surface area contributed by atoms with Crippen LogP contribution < -0.4 is 4.74 Å². The molecule has 3 rings (SSSR count). The molecule has 0 bridgehead atoms. The van der Waals surface area contributed by atoms with Gasteiger partial charge < -0.3 is 9.84 Å². The second-order valence-electron chi connectivity index (χ2n) is 4.42. The predicted molar refractivity (Wildman–Crippen MR) is 76.6 cm³/mol.